The van der Waals surface area contributed by atoms with E-state index in [-0.39, 0.29) is 0 Å². The molecule has 1 rings (SSSR count). The zero-order valence-electron chi connectivity index (χ0n) is 8.92. The van der Waals surface area contributed by atoms with Gasteiger partial charge in [-0.3, -0.25) is 0 Å². The molecule has 0 aromatic heterocycles. The predicted molar refractivity (Wildman–Crippen MR) is 53.9 cm³/mol. The number of hydrogen-bond donors (Lipinski definition) is 0. The van der Waals surface area contributed by atoms with Crippen molar-refractivity contribution in [1.29, 1.82) is 0 Å². The second-order valence-electron chi connectivity index (χ2n) is 4.15. The molecule has 78 valence electrons. The molecule has 1 fully saturated rings. The zero-order valence-corrected chi connectivity index (χ0v) is 8.92. The molecule has 1 unspecified atom stereocenters. The lowest BCUT2D eigenvalue weighted by molar-refractivity contribution is -0.00402. The topological polar surface area (TPSA) is 18.5 Å². The highest BCUT2D eigenvalue weighted by atomic mass is 16.5. The van der Waals surface area contributed by atoms with E-state index < -0.39 is 0 Å². The van der Waals surface area contributed by atoms with E-state index in [1.807, 2.05) is 0 Å². The Morgan fingerprint density at radius 2 is 1.85 bits per heavy atom. The number of hydrogen-bond acceptors (Lipinski definition) is 2. The highest BCUT2D eigenvalue weighted by Crippen LogP contribution is 2.20. The van der Waals surface area contributed by atoms with Crippen molar-refractivity contribution in [1.82, 2.24) is 0 Å². The Bertz CT molecular complexity index is 119. The van der Waals surface area contributed by atoms with Crippen LogP contribution in [0.15, 0.2) is 0 Å². The fraction of sp³-hybridized carbons (Fsp3) is 1.00. The van der Waals surface area contributed by atoms with Crippen LogP contribution in [0.3, 0.4) is 0 Å². The van der Waals surface area contributed by atoms with Gasteiger partial charge in [-0.15, -0.1) is 0 Å². The largest absolute Gasteiger partial charge is 0.384 e. The molecule has 0 aromatic carbocycles. The fourth-order valence-corrected chi connectivity index (χ4v) is 1.86. The highest BCUT2D eigenvalue weighted by Gasteiger charge is 2.14. The maximum absolute atomic E-state index is 5.82. The standard InChI is InChI=1S/C11H22O2/c1-10(8-12-2)9-13-11-6-4-3-5-7-11/h10-11H,3-9H2,1-2H3. The van der Waals surface area contributed by atoms with Gasteiger partial charge in [0, 0.05) is 13.0 Å². The van der Waals surface area contributed by atoms with Crippen molar-refractivity contribution in [2.75, 3.05) is 20.3 Å². The maximum atomic E-state index is 5.82. The summed E-state index contributed by atoms with van der Waals surface area (Å²) in [6.07, 6.45) is 7.16. The van der Waals surface area contributed by atoms with Crippen molar-refractivity contribution >= 4 is 0 Å². The summed E-state index contributed by atoms with van der Waals surface area (Å²) < 4.78 is 10.9. The lowest BCUT2D eigenvalue weighted by atomic mass is 9.98. The molecule has 2 heteroatoms. The average molecular weight is 186 g/mol. The molecule has 1 aliphatic rings. The Morgan fingerprint density at radius 1 is 1.15 bits per heavy atom. The van der Waals surface area contributed by atoms with Gasteiger partial charge in [0.2, 0.25) is 0 Å². The second kappa shape index (κ2) is 6.39. The van der Waals surface area contributed by atoms with Crippen LogP contribution in [0.1, 0.15) is 39.0 Å². The van der Waals surface area contributed by atoms with Gasteiger partial charge in [0.05, 0.1) is 19.3 Å². The zero-order chi connectivity index (χ0) is 9.52. The molecule has 0 N–H and O–H groups in total. The van der Waals surface area contributed by atoms with E-state index >= 15 is 0 Å². The Balaban J connectivity index is 2.03. The average Bonchev–Trinajstić information content (AvgIpc) is 2.17. The Hall–Kier alpha value is -0.0800. The van der Waals surface area contributed by atoms with Crippen molar-refractivity contribution in [3.63, 3.8) is 0 Å². The minimum atomic E-state index is 0.534. The number of ether oxygens (including phenoxy) is 2. The van der Waals surface area contributed by atoms with Gasteiger partial charge in [-0.25, -0.2) is 0 Å². The molecule has 0 heterocycles. The van der Waals surface area contributed by atoms with Crippen LogP contribution < -0.4 is 0 Å². The SMILES string of the molecule is COCC(C)COC1CCCCC1. The fourth-order valence-electron chi connectivity index (χ4n) is 1.86. The van der Waals surface area contributed by atoms with Crippen LogP contribution >= 0.6 is 0 Å². The first-order valence-corrected chi connectivity index (χ1v) is 5.43. The second-order valence-corrected chi connectivity index (χ2v) is 4.15. The lowest BCUT2D eigenvalue weighted by Gasteiger charge is -2.23. The summed E-state index contributed by atoms with van der Waals surface area (Å²) in [6.45, 7) is 3.84. The molecule has 1 aliphatic carbocycles. The van der Waals surface area contributed by atoms with Gasteiger partial charge in [-0.2, -0.15) is 0 Å². The molecule has 0 aliphatic heterocycles. The van der Waals surface area contributed by atoms with E-state index in [0.717, 1.165) is 13.2 Å². The van der Waals surface area contributed by atoms with Gasteiger partial charge in [0.25, 0.3) is 0 Å². The van der Waals surface area contributed by atoms with Crippen molar-refractivity contribution in [2.24, 2.45) is 5.92 Å². The molecule has 1 atom stereocenters. The van der Waals surface area contributed by atoms with E-state index in [0.29, 0.717) is 12.0 Å². The summed E-state index contributed by atoms with van der Waals surface area (Å²) in [6, 6.07) is 0. The van der Waals surface area contributed by atoms with Crippen molar-refractivity contribution in [2.45, 2.75) is 45.1 Å². The minimum absolute atomic E-state index is 0.534. The maximum Gasteiger partial charge on any atom is 0.0575 e. The van der Waals surface area contributed by atoms with Crippen LogP contribution in [-0.2, 0) is 9.47 Å². The monoisotopic (exact) mass is 186 g/mol. The third-order valence-electron chi connectivity index (χ3n) is 2.62. The molecular formula is C11H22O2. The van der Waals surface area contributed by atoms with Crippen molar-refractivity contribution in [3.8, 4) is 0 Å². The van der Waals surface area contributed by atoms with Crippen LogP contribution in [0.25, 0.3) is 0 Å². The first kappa shape index (κ1) is 11.0. The highest BCUT2D eigenvalue weighted by molar-refractivity contribution is 4.65. The molecule has 13 heavy (non-hydrogen) atoms. The van der Waals surface area contributed by atoms with Crippen LogP contribution in [-0.4, -0.2) is 26.4 Å². The smallest absolute Gasteiger partial charge is 0.0575 e. The Morgan fingerprint density at radius 3 is 2.46 bits per heavy atom. The van der Waals surface area contributed by atoms with E-state index in [1.165, 1.54) is 32.1 Å². The number of methoxy groups -OCH3 is 1. The van der Waals surface area contributed by atoms with Gasteiger partial charge >= 0.3 is 0 Å². The molecular weight excluding hydrogens is 164 g/mol. The Kier molecular flexibility index (Phi) is 5.40. The van der Waals surface area contributed by atoms with Gasteiger partial charge in [0.1, 0.15) is 0 Å². The van der Waals surface area contributed by atoms with Crippen molar-refractivity contribution in [3.05, 3.63) is 0 Å². The van der Waals surface area contributed by atoms with Crippen molar-refractivity contribution < 1.29 is 9.47 Å². The summed E-state index contributed by atoms with van der Waals surface area (Å²) in [4.78, 5) is 0. The van der Waals surface area contributed by atoms with E-state index in [4.69, 9.17) is 9.47 Å². The third kappa shape index (κ3) is 4.63. The van der Waals surface area contributed by atoms with Crippen LogP contribution in [0, 0.1) is 5.92 Å². The van der Waals surface area contributed by atoms with Gasteiger partial charge in [-0.05, 0) is 12.8 Å². The summed E-state index contributed by atoms with van der Waals surface area (Å²) >= 11 is 0. The molecule has 2 nitrogen and oxygen atoms in total. The quantitative estimate of drug-likeness (QED) is 0.657. The normalized spacial score (nSPS) is 21.7. The summed E-state index contributed by atoms with van der Waals surface area (Å²) in [5, 5.41) is 0. The van der Waals surface area contributed by atoms with Gasteiger partial charge in [-0.1, -0.05) is 26.2 Å². The van der Waals surface area contributed by atoms with Crippen LogP contribution in [0.2, 0.25) is 0 Å². The molecule has 0 radical (unpaired) electrons. The first-order valence-electron chi connectivity index (χ1n) is 5.43. The molecule has 1 saturated carbocycles. The number of rotatable bonds is 5. The lowest BCUT2D eigenvalue weighted by Crippen LogP contribution is -2.21. The first-order chi connectivity index (χ1) is 6.33. The van der Waals surface area contributed by atoms with E-state index in [2.05, 4.69) is 6.92 Å². The predicted octanol–water partition coefficient (Wildman–Crippen LogP) is 2.62. The molecule has 0 saturated heterocycles. The van der Waals surface area contributed by atoms with E-state index in [9.17, 15) is 0 Å². The third-order valence-corrected chi connectivity index (χ3v) is 2.62. The molecule has 0 bridgehead atoms. The summed E-state index contributed by atoms with van der Waals surface area (Å²) in [5.41, 5.74) is 0. The van der Waals surface area contributed by atoms with Gasteiger partial charge < -0.3 is 9.47 Å². The molecule has 0 amide bonds. The van der Waals surface area contributed by atoms with Crippen LogP contribution in [0.4, 0.5) is 0 Å². The van der Waals surface area contributed by atoms with Gasteiger partial charge in [0.15, 0.2) is 0 Å². The van der Waals surface area contributed by atoms with E-state index in [1.54, 1.807) is 7.11 Å². The molecule has 0 aromatic rings. The minimum Gasteiger partial charge on any atom is -0.384 e. The Labute approximate surface area is 81.6 Å². The van der Waals surface area contributed by atoms with Crippen LogP contribution in [0.5, 0.6) is 0 Å². The molecule has 0 spiro atoms. The summed E-state index contributed by atoms with van der Waals surface area (Å²) in [5.74, 6) is 0.534. The summed E-state index contributed by atoms with van der Waals surface area (Å²) in [7, 11) is 1.75.